The Labute approximate surface area is 122 Å². The van der Waals surface area contributed by atoms with Crippen molar-refractivity contribution in [1.29, 1.82) is 0 Å². The summed E-state index contributed by atoms with van der Waals surface area (Å²) in [6.45, 7) is 7.04. The number of likely N-dealkylation sites (tertiary alicyclic amines) is 1. The molecule has 5 heteroatoms. The Kier molecular flexibility index (Phi) is 6.01. The number of nitrogens with one attached hydrogen (secondary N) is 1. The van der Waals surface area contributed by atoms with Crippen molar-refractivity contribution in [2.45, 2.75) is 38.8 Å². The van der Waals surface area contributed by atoms with Crippen molar-refractivity contribution in [3.05, 3.63) is 17.5 Å². The summed E-state index contributed by atoms with van der Waals surface area (Å²) >= 11 is 0. The number of piperidine rings is 1. The smallest absolute Gasteiger partial charge is 0.0597 e. The lowest BCUT2D eigenvalue weighted by Crippen LogP contribution is -2.45. The maximum atomic E-state index is 5.08. The van der Waals surface area contributed by atoms with Crippen molar-refractivity contribution in [2.24, 2.45) is 7.05 Å². The van der Waals surface area contributed by atoms with Crippen LogP contribution in [0, 0.1) is 6.92 Å². The second kappa shape index (κ2) is 7.76. The van der Waals surface area contributed by atoms with E-state index in [0.29, 0.717) is 6.04 Å². The zero-order valence-electron chi connectivity index (χ0n) is 13.1. The number of aromatic nitrogens is 2. The molecule has 0 amide bonds. The summed E-state index contributed by atoms with van der Waals surface area (Å²) in [6, 6.07) is 2.83. The second-order valence-corrected chi connectivity index (χ2v) is 5.72. The zero-order valence-corrected chi connectivity index (χ0v) is 13.1. The van der Waals surface area contributed by atoms with E-state index in [1.807, 2.05) is 11.7 Å². The Balaban J connectivity index is 1.88. The molecule has 1 aliphatic rings. The fraction of sp³-hybridized carbons (Fsp3) is 0.800. The van der Waals surface area contributed by atoms with E-state index in [-0.39, 0.29) is 0 Å². The highest BCUT2D eigenvalue weighted by Crippen LogP contribution is 2.19. The Morgan fingerprint density at radius 2 is 2.30 bits per heavy atom. The number of methoxy groups -OCH3 is 1. The van der Waals surface area contributed by atoms with E-state index >= 15 is 0 Å². The monoisotopic (exact) mass is 280 g/mol. The molecule has 2 rings (SSSR count). The van der Waals surface area contributed by atoms with Gasteiger partial charge in [-0.05, 0) is 32.4 Å². The van der Waals surface area contributed by atoms with Crippen LogP contribution in [0.25, 0.3) is 0 Å². The summed E-state index contributed by atoms with van der Waals surface area (Å²) < 4.78 is 7.10. The molecule has 20 heavy (non-hydrogen) atoms. The van der Waals surface area contributed by atoms with Crippen molar-refractivity contribution in [3.8, 4) is 0 Å². The van der Waals surface area contributed by atoms with E-state index in [1.54, 1.807) is 7.11 Å². The fourth-order valence-electron chi connectivity index (χ4n) is 2.96. The predicted octanol–water partition coefficient (Wildman–Crippen LogP) is 1.32. The lowest BCUT2D eigenvalue weighted by Gasteiger charge is -2.35. The molecular weight excluding hydrogens is 252 g/mol. The third-order valence-corrected chi connectivity index (χ3v) is 4.08. The summed E-state index contributed by atoms with van der Waals surface area (Å²) in [5.74, 6) is 0. The van der Waals surface area contributed by atoms with Gasteiger partial charge < -0.3 is 10.1 Å². The molecule has 5 nitrogen and oxygen atoms in total. The number of ether oxygens (including phenoxy) is 1. The van der Waals surface area contributed by atoms with Crippen LogP contribution in [0.2, 0.25) is 0 Å². The molecule has 1 saturated heterocycles. The first kappa shape index (κ1) is 15.5. The molecule has 0 radical (unpaired) electrons. The molecular formula is C15H28N4O. The van der Waals surface area contributed by atoms with Gasteiger partial charge in [0.05, 0.1) is 18.0 Å². The largest absolute Gasteiger partial charge is 0.383 e. The maximum Gasteiger partial charge on any atom is 0.0597 e. The molecule has 1 N–H and O–H groups in total. The molecule has 1 unspecified atom stereocenters. The Morgan fingerprint density at radius 3 is 3.00 bits per heavy atom. The SMILES string of the molecule is COCCNCC1CCCCN1Cc1cc(C)nn1C. The van der Waals surface area contributed by atoms with Gasteiger partial charge in [0.15, 0.2) is 0 Å². The van der Waals surface area contributed by atoms with Gasteiger partial charge in [0.25, 0.3) is 0 Å². The average Bonchev–Trinajstić information content (AvgIpc) is 2.75. The third-order valence-electron chi connectivity index (χ3n) is 4.08. The third kappa shape index (κ3) is 4.30. The van der Waals surface area contributed by atoms with Crippen molar-refractivity contribution in [1.82, 2.24) is 20.0 Å². The predicted molar refractivity (Wildman–Crippen MR) is 80.7 cm³/mol. The molecule has 0 saturated carbocycles. The van der Waals surface area contributed by atoms with Crippen LogP contribution in [0.15, 0.2) is 6.07 Å². The van der Waals surface area contributed by atoms with Gasteiger partial charge in [-0.25, -0.2) is 0 Å². The van der Waals surface area contributed by atoms with Crippen LogP contribution in [-0.4, -0.2) is 54.1 Å². The van der Waals surface area contributed by atoms with Gasteiger partial charge in [0.1, 0.15) is 0 Å². The maximum absolute atomic E-state index is 5.08. The highest BCUT2D eigenvalue weighted by atomic mass is 16.5. The van der Waals surface area contributed by atoms with E-state index in [2.05, 4.69) is 28.3 Å². The van der Waals surface area contributed by atoms with Gasteiger partial charge in [0, 0.05) is 39.8 Å². The summed E-state index contributed by atoms with van der Waals surface area (Å²) in [5.41, 5.74) is 2.42. The molecule has 1 fully saturated rings. The number of aryl methyl sites for hydroxylation is 2. The lowest BCUT2D eigenvalue weighted by molar-refractivity contribution is 0.130. The molecule has 0 aliphatic carbocycles. The van der Waals surface area contributed by atoms with Crippen LogP contribution < -0.4 is 5.32 Å². The van der Waals surface area contributed by atoms with E-state index in [4.69, 9.17) is 4.74 Å². The first-order chi connectivity index (χ1) is 9.70. The molecule has 0 aromatic carbocycles. The molecule has 1 aromatic heterocycles. The summed E-state index contributed by atoms with van der Waals surface area (Å²) in [7, 11) is 3.79. The van der Waals surface area contributed by atoms with Gasteiger partial charge in [-0.3, -0.25) is 9.58 Å². The molecule has 0 spiro atoms. The minimum absolute atomic E-state index is 0.635. The second-order valence-electron chi connectivity index (χ2n) is 5.72. The molecule has 1 atom stereocenters. The number of nitrogens with zero attached hydrogens (tertiary/aromatic N) is 3. The number of rotatable bonds is 7. The number of hydrogen-bond acceptors (Lipinski definition) is 4. The highest BCUT2D eigenvalue weighted by molar-refractivity contribution is 5.08. The fourth-order valence-corrected chi connectivity index (χ4v) is 2.96. The Bertz CT molecular complexity index is 405. The van der Waals surface area contributed by atoms with Crippen molar-refractivity contribution in [3.63, 3.8) is 0 Å². The minimum atomic E-state index is 0.635. The first-order valence-corrected chi connectivity index (χ1v) is 7.64. The van der Waals surface area contributed by atoms with Crippen LogP contribution in [0.1, 0.15) is 30.7 Å². The van der Waals surface area contributed by atoms with E-state index in [0.717, 1.165) is 31.9 Å². The molecule has 0 bridgehead atoms. The standard InChI is InChI=1S/C15H28N4O/c1-13-10-15(18(2)17-13)12-19-8-5-4-6-14(19)11-16-7-9-20-3/h10,14,16H,4-9,11-12H2,1-3H3. The van der Waals surface area contributed by atoms with E-state index in [9.17, 15) is 0 Å². The Morgan fingerprint density at radius 1 is 1.45 bits per heavy atom. The molecule has 1 aromatic rings. The van der Waals surface area contributed by atoms with Gasteiger partial charge >= 0.3 is 0 Å². The first-order valence-electron chi connectivity index (χ1n) is 7.64. The lowest BCUT2D eigenvalue weighted by atomic mass is 10.0. The summed E-state index contributed by atoms with van der Waals surface area (Å²) in [6.07, 6.45) is 3.94. The highest BCUT2D eigenvalue weighted by Gasteiger charge is 2.22. The van der Waals surface area contributed by atoms with Gasteiger partial charge in [-0.2, -0.15) is 5.10 Å². The van der Waals surface area contributed by atoms with Crippen LogP contribution in [0.3, 0.4) is 0 Å². The van der Waals surface area contributed by atoms with Crippen LogP contribution >= 0.6 is 0 Å². The summed E-state index contributed by atoms with van der Waals surface area (Å²) in [4.78, 5) is 2.60. The molecule has 1 aliphatic heterocycles. The van der Waals surface area contributed by atoms with Crippen molar-refractivity contribution >= 4 is 0 Å². The molecule has 2 heterocycles. The quantitative estimate of drug-likeness (QED) is 0.765. The van der Waals surface area contributed by atoms with Gasteiger partial charge in [-0.15, -0.1) is 0 Å². The van der Waals surface area contributed by atoms with Crippen LogP contribution in [-0.2, 0) is 18.3 Å². The average molecular weight is 280 g/mol. The van der Waals surface area contributed by atoms with Crippen molar-refractivity contribution in [2.75, 3.05) is 33.4 Å². The summed E-state index contributed by atoms with van der Waals surface area (Å²) in [5, 5.41) is 7.95. The van der Waals surface area contributed by atoms with E-state index < -0.39 is 0 Å². The normalized spacial score (nSPS) is 20.4. The van der Waals surface area contributed by atoms with Gasteiger partial charge in [-0.1, -0.05) is 6.42 Å². The Hall–Kier alpha value is -0.910. The van der Waals surface area contributed by atoms with Gasteiger partial charge in [0.2, 0.25) is 0 Å². The zero-order chi connectivity index (χ0) is 14.4. The number of hydrogen-bond donors (Lipinski definition) is 1. The van der Waals surface area contributed by atoms with Crippen LogP contribution in [0.4, 0.5) is 0 Å². The van der Waals surface area contributed by atoms with Crippen LogP contribution in [0.5, 0.6) is 0 Å². The molecule has 114 valence electrons. The topological polar surface area (TPSA) is 42.3 Å². The van der Waals surface area contributed by atoms with E-state index in [1.165, 1.54) is 31.5 Å². The van der Waals surface area contributed by atoms with Crippen molar-refractivity contribution < 1.29 is 4.74 Å². The minimum Gasteiger partial charge on any atom is -0.383 e.